The number of halogens is 2. The third-order valence-electron chi connectivity index (χ3n) is 5.16. The first-order valence-electron chi connectivity index (χ1n) is 10.5. The van der Waals surface area contributed by atoms with E-state index in [0.29, 0.717) is 42.9 Å². The van der Waals surface area contributed by atoms with Gasteiger partial charge in [0.1, 0.15) is 18.0 Å². The van der Waals surface area contributed by atoms with E-state index in [1.165, 1.54) is 12.4 Å². The third-order valence-corrected chi connectivity index (χ3v) is 5.62. The zero-order chi connectivity index (χ0) is 23.6. The SMILES string of the molecule is COCCOC1CC(CNSC)CN(c2cc(-c3cnc(/C=C\C(=N)C(F)F)[nH]3)ncn2)C1. The lowest BCUT2D eigenvalue weighted by Gasteiger charge is -2.38. The summed E-state index contributed by atoms with van der Waals surface area (Å²) < 4.78 is 39.4. The standard InChI is InChI=1S/C21H29F2N7O2S/c1-31-5-6-32-15-7-14(9-28-33-2)11-30(12-15)20-8-17(26-13-27-20)18-10-25-19(29-18)4-3-16(24)21(22)23/h3-4,8,10,13-15,21,24,28H,5-7,9,11-12H2,1-2H3,(H,25,29)/b4-3-,24-16?. The highest BCUT2D eigenvalue weighted by molar-refractivity contribution is 7.96. The molecule has 3 rings (SSSR count). The second-order valence-corrected chi connectivity index (χ2v) is 8.27. The molecule has 0 saturated carbocycles. The Labute approximate surface area is 196 Å². The van der Waals surface area contributed by atoms with Gasteiger partial charge in [0.2, 0.25) is 0 Å². The number of hydrogen-bond acceptors (Lipinski definition) is 9. The maximum absolute atomic E-state index is 12.5. The molecule has 0 amide bonds. The van der Waals surface area contributed by atoms with Gasteiger partial charge in [0.05, 0.1) is 42.6 Å². The molecule has 1 aliphatic heterocycles. The zero-order valence-electron chi connectivity index (χ0n) is 18.6. The fourth-order valence-corrected chi connectivity index (χ4v) is 3.97. The molecule has 3 heterocycles. The number of imidazole rings is 1. The Bertz CT molecular complexity index is 928. The van der Waals surface area contributed by atoms with Crippen LogP contribution in [0.15, 0.2) is 24.7 Å². The van der Waals surface area contributed by atoms with Crippen molar-refractivity contribution >= 4 is 29.6 Å². The van der Waals surface area contributed by atoms with Crippen LogP contribution in [0.2, 0.25) is 0 Å². The molecule has 0 spiro atoms. The molecule has 9 nitrogen and oxygen atoms in total. The van der Waals surface area contributed by atoms with Crippen LogP contribution >= 0.6 is 11.9 Å². The minimum atomic E-state index is -2.82. The van der Waals surface area contributed by atoms with Crippen LogP contribution in [0.1, 0.15) is 12.2 Å². The maximum atomic E-state index is 12.5. The molecule has 1 aliphatic rings. The predicted molar refractivity (Wildman–Crippen MR) is 126 cm³/mol. The van der Waals surface area contributed by atoms with E-state index in [2.05, 4.69) is 29.6 Å². The fourth-order valence-electron chi connectivity index (χ4n) is 3.57. The van der Waals surface area contributed by atoms with E-state index in [9.17, 15) is 8.78 Å². The van der Waals surface area contributed by atoms with E-state index in [-0.39, 0.29) is 6.10 Å². The molecule has 2 unspecified atom stereocenters. The number of H-pyrrole nitrogens is 1. The molecule has 2 aromatic heterocycles. The minimum Gasteiger partial charge on any atom is -0.382 e. The molecule has 33 heavy (non-hydrogen) atoms. The quantitative estimate of drug-likeness (QED) is 0.241. The highest BCUT2D eigenvalue weighted by atomic mass is 32.2. The number of alkyl halides is 2. The summed E-state index contributed by atoms with van der Waals surface area (Å²) in [6, 6.07) is 1.87. The van der Waals surface area contributed by atoms with E-state index in [1.54, 1.807) is 25.3 Å². The van der Waals surface area contributed by atoms with Crippen molar-refractivity contribution < 1.29 is 18.3 Å². The normalized spacial score (nSPS) is 19.0. The van der Waals surface area contributed by atoms with Crippen LogP contribution in [-0.4, -0.2) is 84.4 Å². The van der Waals surface area contributed by atoms with Crippen LogP contribution in [0.5, 0.6) is 0 Å². The molecule has 1 saturated heterocycles. The molecule has 180 valence electrons. The Kier molecular flexibility index (Phi) is 9.73. The Morgan fingerprint density at radius 3 is 2.97 bits per heavy atom. The number of piperidine rings is 1. The van der Waals surface area contributed by atoms with Gasteiger partial charge in [-0.1, -0.05) is 11.9 Å². The number of methoxy groups -OCH3 is 1. The fraction of sp³-hybridized carbons (Fsp3) is 0.524. The van der Waals surface area contributed by atoms with Gasteiger partial charge in [0, 0.05) is 32.8 Å². The van der Waals surface area contributed by atoms with Crippen molar-refractivity contribution in [1.29, 1.82) is 5.41 Å². The molecular formula is C21H29F2N7O2S. The molecule has 1 fully saturated rings. The first-order valence-corrected chi connectivity index (χ1v) is 11.8. The van der Waals surface area contributed by atoms with Crippen molar-refractivity contribution in [2.45, 2.75) is 19.0 Å². The van der Waals surface area contributed by atoms with Crippen molar-refractivity contribution in [3.8, 4) is 11.4 Å². The van der Waals surface area contributed by atoms with E-state index in [1.807, 2.05) is 12.3 Å². The van der Waals surface area contributed by atoms with E-state index < -0.39 is 12.1 Å². The summed E-state index contributed by atoms with van der Waals surface area (Å²) in [6.45, 7) is 3.50. The van der Waals surface area contributed by atoms with Crippen molar-refractivity contribution in [2.24, 2.45) is 5.92 Å². The van der Waals surface area contributed by atoms with Gasteiger partial charge in [-0.25, -0.2) is 23.7 Å². The topological polar surface area (TPSA) is 112 Å². The van der Waals surface area contributed by atoms with Gasteiger partial charge in [-0.15, -0.1) is 0 Å². The second kappa shape index (κ2) is 12.7. The van der Waals surface area contributed by atoms with Crippen molar-refractivity contribution in [3.05, 3.63) is 30.5 Å². The molecule has 12 heteroatoms. The van der Waals surface area contributed by atoms with E-state index >= 15 is 0 Å². The third kappa shape index (κ3) is 7.56. The lowest BCUT2D eigenvalue weighted by Crippen LogP contribution is -2.47. The van der Waals surface area contributed by atoms with Gasteiger partial charge in [-0.3, -0.25) is 10.1 Å². The molecule has 0 radical (unpaired) electrons. The van der Waals surface area contributed by atoms with Gasteiger partial charge in [0.25, 0.3) is 6.43 Å². The number of aromatic amines is 1. The van der Waals surface area contributed by atoms with Crippen LogP contribution in [0.4, 0.5) is 14.6 Å². The van der Waals surface area contributed by atoms with Crippen LogP contribution in [0.25, 0.3) is 17.5 Å². The summed E-state index contributed by atoms with van der Waals surface area (Å²) >= 11 is 1.60. The number of nitrogens with one attached hydrogen (secondary N) is 3. The van der Waals surface area contributed by atoms with Gasteiger partial charge >= 0.3 is 0 Å². The van der Waals surface area contributed by atoms with E-state index in [0.717, 1.165) is 31.4 Å². The zero-order valence-corrected chi connectivity index (χ0v) is 19.4. The Balaban J connectivity index is 1.73. The molecule has 0 aromatic carbocycles. The van der Waals surface area contributed by atoms with Crippen molar-refractivity contribution in [3.63, 3.8) is 0 Å². The van der Waals surface area contributed by atoms with Crippen LogP contribution < -0.4 is 9.62 Å². The minimum absolute atomic E-state index is 0.0648. The van der Waals surface area contributed by atoms with E-state index in [4.69, 9.17) is 14.9 Å². The Morgan fingerprint density at radius 1 is 1.36 bits per heavy atom. The number of allylic oxidation sites excluding steroid dienone is 1. The first-order chi connectivity index (χ1) is 16.0. The molecule has 0 aliphatic carbocycles. The number of rotatable bonds is 12. The van der Waals surface area contributed by atoms with Crippen LogP contribution in [0.3, 0.4) is 0 Å². The number of anilines is 1. The van der Waals surface area contributed by atoms with Gasteiger partial charge in [0.15, 0.2) is 0 Å². The number of nitrogens with zero attached hydrogens (tertiary/aromatic N) is 4. The van der Waals surface area contributed by atoms with Crippen molar-refractivity contribution in [2.75, 3.05) is 51.1 Å². The summed E-state index contributed by atoms with van der Waals surface area (Å²) in [5.74, 6) is 1.54. The van der Waals surface area contributed by atoms with Crippen LogP contribution in [0, 0.1) is 11.3 Å². The monoisotopic (exact) mass is 481 g/mol. The number of aromatic nitrogens is 4. The Hall–Kier alpha value is -2.41. The maximum Gasteiger partial charge on any atom is 0.279 e. The molecule has 2 aromatic rings. The van der Waals surface area contributed by atoms with Gasteiger partial charge in [-0.05, 0) is 30.7 Å². The lowest BCUT2D eigenvalue weighted by molar-refractivity contribution is 0.00211. The average Bonchev–Trinajstić information content (AvgIpc) is 3.30. The largest absolute Gasteiger partial charge is 0.382 e. The van der Waals surface area contributed by atoms with Gasteiger partial charge in [-0.2, -0.15) is 0 Å². The second-order valence-electron chi connectivity index (χ2n) is 7.58. The summed E-state index contributed by atoms with van der Waals surface area (Å²) in [4.78, 5) is 18.2. The molecule has 2 atom stereocenters. The summed E-state index contributed by atoms with van der Waals surface area (Å²) in [7, 11) is 1.66. The smallest absolute Gasteiger partial charge is 0.279 e. The highest BCUT2D eigenvalue weighted by Crippen LogP contribution is 2.26. The summed E-state index contributed by atoms with van der Waals surface area (Å²) in [5.41, 5.74) is 0.500. The number of hydrogen-bond donors (Lipinski definition) is 3. The van der Waals surface area contributed by atoms with Crippen molar-refractivity contribution in [1.82, 2.24) is 24.7 Å². The first kappa shape index (κ1) is 25.2. The molecule has 3 N–H and O–H groups in total. The average molecular weight is 482 g/mol. The summed E-state index contributed by atoms with van der Waals surface area (Å²) in [5, 5.41) is 7.21. The molecule has 0 bridgehead atoms. The lowest BCUT2D eigenvalue weighted by atomic mass is 9.96. The van der Waals surface area contributed by atoms with Crippen LogP contribution in [-0.2, 0) is 9.47 Å². The predicted octanol–water partition coefficient (Wildman–Crippen LogP) is 2.89. The van der Waals surface area contributed by atoms with Gasteiger partial charge < -0.3 is 19.4 Å². The summed E-state index contributed by atoms with van der Waals surface area (Å²) in [6.07, 6.45) is 5.66. The highest BCUT2D eigenvalue weighted by Gasteiger charge is 2.29. The number of ether oxygens (including phenoxy) is 2. The molecular weight excluding hydrogens is 452 g/mol. The Morgan fingerprint density at radius 2 is 2.21 bits per heavy atom.